The standard InChI is InChI=1S/C13H21N3O2S/c1-3-8-14-13-12(7-4-9-15-13)19(17,18)16-10-5-6-11(16)2/h4,7,9,11H,3,5-6,8,10H2,1-2H3,(H,14,15). The van der Waals surface area contributed by atoms with Crippen LogP contribution in [0.15, 0.2) is 23.2 Å². The Balaban J connectivity index is 2.34. The molecule has 19 heavy (non-hydrogen) atoms. The van der Waals surface area contributed by atoms with Gasteiger partial charge in [0.25, 0.3) is 0 Å². The molecule has 1 saturated heterocycles. The Morgan fingerprint density at radius 2 is 2.32 bits per heavy atom. The first-order valence-corrected chi connectivity index (χ1v) is 8.22. The second-order valence-electron chi connectivity index (χ2n) is 4.88. The molecule has 6 heteroatoms. The number of nitrogens with zero attached hydrogens (tertiary/aromatic N) is 2. The van der Waals surface area contributed by atoms with Gasteiger partial charge in [-0.1, -0.05) is 6.92 Å². The minimum absolute atomic E-state index is 0.0734. The van der Waals surface area contributed by atoms with Gasteiger partial charge in [-0.15, -0.1) is 0 Å². The van der Waals surface area contributed by atoms with Crippen molar-refractivity contribution in [1.29, 1.82) is 0 Å². The van der Waals surface area contributed by atoms with Crippen molar-refractivity contribution in [2.75, 3.05) is 18.4 Å². The third-order valence-corrected chi connectivity index (χ3v) is 5.44. The van der Waals surface area contributed by atoms with E-state index in [1.165, 1.54) is 0 Å². The zero-order chi connectivity index (χ0) is 13.9. The third kappa shape index (κ3) is 2.90. The maximum atomic E-state index is 12.7. The minimum Gasteiger partial charge on any atom is -0.369 e. The third-order valence-electron chi connectivity index (χ3n) is 3.39. The van der Waals surface area contributed by atoms with E-state index < -0.39 is 10.0 Å². The van der Waals surface area contributed by atoms with E-state index in [4.69, 9.17) is 0 Å². The van der Waals surface area contributed by atoms with Crippen LogP contribution in [-0.4, -0.2) is 36.8 Å². The topological polar surface area (TPSA) is 62.3 Å². The fourth-order valence-electron chi connectivity index (χ4n) is 2.37. The highest BCUT2D eigenvalue weighted by Gasteiger charge is 2.34. The van der Waals surface area contributed by atoms with E-state index in [-0.39, 0.29) is 10.9 Å². The van der Waals surface area contributed by atoms with Gasteiger partial charge in [-0.05, 0) is 38.3 Å². The van der Waals surface area contributed by atoms with E-state index >= 15 is 0 Å². The molecule has 106 valence electrons. The molecule has 1 unspecified atom stereocenters. The first-order valence-electron chi connectivity index (χ1n) is 6.78. The largest absolute Gasteiger partial charge is 0.369 e. The molecule has 1 aliphatic rings. The second kappa shape index (κ2) is 5.88. The predicted molar refractivity (Wildman–Crippen MR) is 75.6 cm³/mol. The summed E-state index contributed by atoms with van der Waals surface area (Å²) in [6.07, 6.45) is 4.40. The highest BCUT2D eigenvalue weighted by Crippen LogP contribution is 2.28. The van der Waals surface area contributed by atoms with Gasteiger partial charge in [-0.25, -0.2) is 13.4 Å². The molecule has 1 atom stereocenters. The molecule has 1 aromatic rings. The minimum atomic E-state index is -3.44. The Kier molecular flexibility index (Phi) is 4.42. The van der Waals surface area contributed by atoms with Crippen molar-refractivity contribution in [2.45, 2.75) is 44.0 Å². The van der Waals surface area contributed by atoms with Crippen LogP contribution in [0.4, 0.5) is 5.82 Å². The highest BCUT2D eigenvalue weighted by atomic mass is 32.2. The molecule has 0 spiro atoms. The van der Waals surface area contributed by atoms with Gasteiger partial charge < -0.3 is 5.32 Å². The van der Waals surface area contributed by atoms with Gasteiger partial charge in [-0.2, -0.15) is 4.31 Å². The van der Waals surface area contributed by atoms with Gasteiger partial charge in [0.2, 0.25) is 10.0 Å². The predicted octanol–water partition coefficient (Wildman–Crippen LogP) is 2.08. The van der Waals surface area contributed by atoms with Crippen molar-refractivity contribution in [2.24, 2.45) is 0 Å². The van der Waals surface area contributed by atoms with Crippen molar-refractivity contribution in [3.8, 4) is 0 Å². The molecule has 1 fully saturated rings. The van der Waals surface area contributed by atoms with E-state index in [0.29, 0.717) is 12.4 Å². The second-order valence-corrected chi connectivity index (χ2v) is 6.74. The van der Waals surface area contributed by atoms with Crippen LogP contribution in [0.1, 0.15) is 33.1 Å². The number of aromatic nitrogens is 1. The summed E-state index contributed by atoms with van der Waals surface area (Å²) in [5.74, 6) is 0.462. The number of anilines is 1. The molecule has 0 amide bonds. The van der Waals surface area contributed by atoms with Gasteiger partial charge in [0.1, 0.15) is 10.7 Å². The summed E-state index contributed by atoms with van der Waals surface area (Å²) >= 11 is 0. The summed E-state index contributed by atoms with van der Waals surface area (Å²) in [6, 6.07) is 3.38. The van der Waals surface area contributed by atoms with Crippen LogP contribution in [-0.2, 0) is 10.0 Å². The van der Waals surface area contributed by atoms with E-state index in [1.807, 2.05) is 13.8 Å². The number of pyridine rings is 1. The summed E-state index contributed by atoms with van der Waals surface area (Å²) in [4.78, 5) is 4.45. The average molecular weight is 283 g/mol. The average Bonchev–Trinajstić information content (AvgIpc) is 2.83. The molecule has 0 saturated carbocycles. The van der Waals surface area contributed by atoms with Crippen LogP contribution >= 0.6 is 0 Å². The first-order chi connectivity index (χ1) is 9.07. The fraction of sp³-hybridized carbons (Fsp3) is 0.615. The van der Waals surface area contributed by atoms with Crippen LogP contribution in [0.2, 0.25) is 0 Å². The Morgan fingerprint density at radius 1 is 1.53 bits per heavy atom. The molecule has 1 N–H and O–H groups in total. The lowest BCUT2D eigenvalue weighted by atomic mass is 10.3. The lowest BCUT2D eigenvalue weighted by molar-refractivity contribution is 0.408. The summed E-state index contributed by atoms with van der Waals surface area (Å²) in [6.45, 7) is 5.31. The normalized spacial score (nSPS) is 20.6. The maximum Gasteiger partial charge on any atom is 0.246 e. The van der Waals surface area contributed by atoms with Crippen LogP contribution in [0.3, 0.4) is 0 Å². The Hall–Kier alpha value is -1.14. The van der Waals surface area contributed by atoms with Crippen LogP contribution < -0.4 is 5.32 Å². The van der Waals surface area contributed by atoms with E-state index in [1.54, 1.807) is 22.6 Å². The smallest absolute Gasteiger partial charge is 0.246 e. The molecular formula is C13H21N3O2S. The van der Waals surface area contributed by atoms with E-state index in [9.17, 15) is 8.42 Å². The Bertz CT molecular complexity index is 530. The van der Waals surface area contributed by atoms with Crippen molar-refractivity contribution in [3.05, 3.63) is 18.3 Å². The first kappa shape index (κ1) is 14.3. The summed E-state index contributed by atoms with van der Waals surface area (Å²) in [5.41, 5.74) is 0. The number of nitrogens with one attached hydrogen (secondary N) is 1. The molecule has 0 aliphatic carbocycles. The number of rotatable bonds is 5. The number of hydrogen-bond donors (Lipinski definition) is 1. The lowest BCUT2D eigenvalue weighted by Crippen LogP contribution is -2.34. The van der Waals surface area contributed by atoms with Crippen LogP contribution in [0.5, 0.6) is 0 Å². The molecule has 2 rings (SSSR count). The van der Waals surface area contributed by atoms with Gasteiger partial charge in [-0.3, -0.25) is 0 Å². The molecular weight excluding hydrogens is 262 g/mol. The zero-order valence-electron chi connectivity index (χ0n) is 11.5. The zero-order valence-corrected chi connectivity index (χ0v) is 12.3. The van der Waals surface area contributed by atoms with Crippen LogP contribution in [0, 0.1) is 0 Å². The van der Waals surface area contributed by atoms with Crippen molar-refractivity contribution in [1.82, 2.24) is 9.29 Å². The maximum absolute atomic E-state index is 12.7. The quantitative estimate of drug-likeness (QED) is 0.898. The van der Waals surface area contributed by atoms with Gasteiger partial charge in [0.05, 0.1) is 0 Å². The molecule has 2 heterocycles. The fourth-order valence-corrected chi connectivity index (χ4v) is 4.19. The van der Waals surface area contributed by atoms with Gasteiger partial charge in [0, 0.05) is 25.3 Å². The molecule has 0 aromatic carbocycles. The molecule has 1 aromatic heterocycles. The van der Waals surface area contributed by atoms with Crippen molar-refractivity contribution in [3.63, 3.8) is 0 Å². The van der Waals surface area contributed by atoms with Crippen LogP contribution in [0.25, 0.3) is 0 Å². The van der Waals surface area contributed by atoms with Crippen molar-refractivity contribution < 1.29 is 8.42 Å². The number of sulfonamides is 1. The van der Waals surface area contributed by atoms with Crippen molar-refractivity contribution >= 4 is 15.8 Å². The monoisotopic (exact) mass is 283 g/mol. The molecule has 5 nitrogen and oxygen atoms in total. The summed E-state index contributed by atoms with van der Waals surface area (Å²) in [7, 11) is -3.44. The molecule has 0 bridgehead atoms. The molecule has 0 radical (unpaired) electrons. The summed E-state index contributed by atoms with van der Waals surface area (Å²) in [5, 5.41) is 3.09. The molecule has 1 aliphatic heterocycles. The van der Waals surface area contributed by atoms with Gasteiger partial charge in [0.15, 0.2) is 0 Å². The van der Waals surface area contributed by atoms with Gasteiger partial charge >= 0.3 is 0 Å². The van der Waals surface area contributed by atoms with E-state index in [0.717, 1.165) is 25.8 Å². The van der Waals surface area contributed by atoms with E-state index in [2.05, 4.69) is 10.3 Å². The lowest BCUT2D eigenvalue weighted by Gasteiger charge is -2.22. The summed E-state index contributed by atoms with van der Waals surface area (Å²) < 4.78 is 26.9. The SMILES string of the molecule is CCCNc1ncccc1S(=O)(=O)N1CCCC1C. The Labute approximate surface area is 115 Å². The number of hydrogen-bond acceptors (Lipinski definition) is 4. The Morgan fingerprint density at radius 3 is 2.95 bits per heavy atom. The highest BCUT2D eigenvalue weighted by molar-refractivity contribution is 7.89.